The summed E-state index contributed by atoms with van der Waals surface area (Å²) in [5, 5.41) is 15.0. The van der Waals surface area contributed by atoms with Crippen LogP contribution in [-0.2, 0) is 11.3 Å². The molecule has 1 unspecified atom stereocenters. The van der Waals surface area contributed by atoms with Crippen molar-refractivity contribution in [2.24, 2.45) is 0 Å². The van der Waals surface area contributed by atoms with Crippen LogP contribution >= 0.6 is 11.3 Å². The van der Waals surface area contributed by atoms with E-state index in [9.17, 15) is 5.11 Å². The monoisotopic (exact) mass is 428 g/mol. The fourth-order valence-electron chi connectivity index (χ4n) is 3.72. The van der Waals surface area contributed by atoms with E-state index in [0.717, 1.165) is 53.7 Å². The van der Waals surface area contributed by atoms with Gasteiger partial charge in [0.2, 0.25) is 0 Å². The van der Waals surface area contributed by atoms with Gasteiger partial charge in [-0.3, -0.25) is 4.90 Å². The molecule has 7 nitrogen and oxygen atoms in total. The average molecular weight is 429 g/mol. The number of hydrogen-bond donors (Lipinski definition) is 2. The van der Waals surface area contributed by atoms with Crippen molar-refractivity contribution in [2.75, 3.05) is 38.7 Å². The number of aromatic hydroxyl groups is 1. The van der Waals surface area contributed by atoms with E-state index in [-0.39, 0.29) is 11.8 Å². The highest BCUT2D eigenvalue weighted by Crippen LogP contribution is 2.36. The number of anilines is 1. The Balaban J connectivity index is 1.69. The van der Waals surface area contributed by atoms with Gasteiger partial charge in [-0.05, 0) is 44.5 Å². The lowest BCUT2D eigenvalue weighted by Gasteiger charge is -2.26. The number of thiophene rings is 1. The van der Waals surface area contributed by atoms with Crippen LogP contribution in [0.1, 0.15) is 34.8 Å². The summed E-state index contributed by atoms with van der Waals surface area (Å²) in [5.74, 6) is 2.54. The van der Waals surface area contributed by atoms with Gasteiger partial charge in [0.25, 0.3) is 0 Å². The number of nitrogens with zero attached hydrogens (tertiary/aromatic N) is 3. The number of methoxy groups -OCH3 is 1. The summed E-state index contributed by atoms with van der Waals surface area (Å²) < 4.78 is 10.8. The first-order chi connectivity index (χ1) is 14.5. The maximum Gasteiger partial charge on any atom is 0.146 e. The van der Waals surface area contributed by atoms with E-state index in [1.807, 2.05) is 13.0 Å². The van der Waals surface area contributed by atoms with Crippen molar-refractivity contribution >= 4 is 27.4 Å². The van der Waals surface area contributed by atoms with Crippen LogP contribution in [0.4, 0.5) is 5.82 Å². The number of rotatable bonds is 6. The van der Waals surface area contributed by atoms with Gasteiger partial charge in [-0.2, -0.15) is 0 Å². The Kier molecular flexibility index (Phi) is 6.08. The molecular formula is C22H28N4O3S. The van der Waals surface area contributed by atoms with Gasteiger partial charge in [-0.15, -0.1) is 11.3 Å². The Bertz CT molecular complexity index is 1050. The molecular weight excluding hydrogens is 400 g/mol. The molecule has 0 radical (unpaired) electrons. The zero-order chi connectivity index (χ0) is 21.3. The largest absolute Gasteiger partial charge is 0.508 e. The number of fused-ring (bicyclic) bond motifs is 1. The number of aromatic nitrogens is 2. The average Bonchev–Trinajstić information content (AvgIpc) is 3.02. The van der Waals surface area contributed by atoms with E-state index in [1.165, 1.54) is 10.4 Å². The van der Waals surface area contributed by atoms with Crippen molar-refractivity contribution in [3.63, 3.8) is 0 Å². The minimum Gasteiger partial charge on any atom is -0.508 e. The summed E-state index contributed by atoms with van der Waals surface area (Å²) in [7, 11) is 1.62. The van der Waals surface area contributed by atoms with Gasteiger partial charge in [0, 0.05) is 23.5 Å². The summed E-state index contributed by atoms with van der Waals surface area (Å²) in [6.45, 7) is 10.2. The molecule has 2 N–H and O–H groups in total. The second-order valence-electron chi connectivity index (χ2n) is 7.63. The van der Waals surface area contributed by atoms with Gasteiger partial charge in [0.1, 0.15) is 28.0 Å². The summed E-state index contributed by atoms with van der Waals surface area (Å²) >= 11 is 1.70. The zero-order valence-electron chi connectivity index (χ0n) is 17.9. The molecule has 1 fully saturated rings. The maximum atomic E-state index is 10.4. The van der Waals surface area contributed by atoms with Crippen LogP contribution in [0.15, 0.2) is 18.2 Å². The van der Waals surface area contributed by atoms with E-state index < -0.39 is 0 Å². The third kappa shape index (κ3) is 4.21. The first-order valence-electron chi connectivity index (χ1n) is 10.2. The predicted molar refractivity (Wildman–Crippen MR) is 120 cm³/mol. The summed E-state index contributed by atoms with van der Waals surface area (Å²) in [6.07, 6.45) is 0. The predicted octanol–water partition coefficient (Wildman–Crippen LogP) is 4.03. The highest BCUT2D eigenvalue weighted by atomic mass is 32.1. The van der Waals surface area contributed by atoms with E-state index in [1.54, 1.807) is 30.6 Å². The van der Waals surface area contributed by atoms with E-state index >= 15 is 0 Å². The second-order valence-corrected chi connectivity index (χ2v) is 8.83. The van der Waals surface area contributed by atoms with Crippen molar-refractivity contribution in [2.45, 2.75) is 33.4 Å². The Morgan fingerprint density at radius 3 is 2.77 bits per heavy atom. The van der Waals surface area contributed by atoms with Gasteiger partial charge in [0.05, 0.1) is 38.3 Å². The molecule has 1 aromatic carbocycles. The topological polar surface area (TPSA) is 79.7 Å². The minimum absolute atomic E-state index is 0.158. The Hall–Kier alpha value is -2.42. The number of nitrogens with one attached hydrogen (secondary N) is 1. The number of hydrogen-bond acceptors (Lipinski definition) is 8. The summed E-state index contributed by atoms with van der Waals surface area (Å²) in [5.41, 5.74) is 1.96. The maximum absolute atomic E-state index is 10.4. The molecule has 1 saturated heterocycles. The number of ether oxygens (including phenoxy) is 2. The molecule has 4 rings (SSSR count). The molecule has 8 heteroatoms. The van der Waals surface area contributed by atoms with Crippen LogP contribution in [0.2, 0.25) is 0 Å². The molecule has 1 atom stereocenters. The number of phenols is 1. The molecule has 30 heavy (non-hydrogen) atoms. The first-order valence-corrected chi connectivity index (χ1v) is 11.0. The van der Waals surface area contributed by atoms with E-state index in [2.05, 4.69) is 24.1 Å². The quantitative estimate of drug-likeness (QED) is 0.614. The molecule has 0 saturated carbocycles. The molecule has 1 aliphatic rings. The van der Waals surface area contributed by atoms with Crippen LogP contribution in [0.25, 0.3) is 10.2 Å². The molecule has 3 aromatic rings. The van der Waals surface area contributed by atoms with Crippen molar-refractivity contribution in [3.8, 4) is 11.5 Å². The van der Waals surface area contributed by atoms with Gasteiger partial charge in [-0.1, -0.05) is 0 Å². The highest BCUT2D eigenvalue weighted by Gasteiger charge is 2.20. The van der Waals surface area contributed by atoms with Crippen LogP contribution in [-0.4, -0.2) is 53.4 Å². The van der Waals surface area contributed by atoms with Gasteiger partial charge >= 0.3 is 0 Å². The smallest absolute Gasteiger partial charge is 0.146 e. The molecule has 3 heterocycles. The fraction of sp³-hybridized carbons (Fsp3) is 0.455. The van der Waals surface area contributed by atoms with Crippen LogP contribution < -0.4 is 10.1 Å². The third-order valence-corrected chi connectivity index (χ3v) is 6.70. The lowest BCUT2D eigenvalue weighted by atomic mass is 10.1. The van der Waals surface area contributed by atoms with Crippen LogP contribution in [0.5, 0.6) is 11.5 Å². The van der Waals surface area contributed by atoms with Crippen LogP contribution in [0, 0.1) is 13.8 Å². The number of aryl methyl sites for hydroxylation is 2. The SMILES string of the molecule is COc1ccc(O)c(C(C)Nc2nc(CN3CCOCC3)nc3sc(C)c(C)c23)c1. The first kappa shape index (κ1) is 20.8. The van der Waals surface area contributed by atoms with Crippen molar-refractivity contribution < 1.29 is 14.6 Å². The lowest BCUT2D eigenvalue weighted by Crippen LogP contribution is -2.36. The van der Waals surface area contributed by atoms with Crippen molar-refractivity contribution in [3.05, 3.63) is 40.0 Å². The second kappa shape index (κ2) is 8.75. The molecule has 0 spiro atoms. The molecule has 160 valence electrons. The molecule has 0 amide bonds. The van der Waals surface area contributed by atoms with E-state index in [4.69, 9.17) is 19.4 Å². The Morgan fingerprint density at radius 2 is 2.03 bits per heavy atom. The molecule has 1 aliphatic heterocycles. The number of morpholine rings is 1. The highest BCUT2D eigenvalue weighted by molar-refractivity contribution is 7.18. The van der Waals surface area contributed by atoms with Crippen molar-refractivity contribution in [1.82, 2.24) is 14.9 Å². The normalized spacial score (nSPS) is 16.0. The third-order valence-electron chi connectivity index (χ3n) is 5.60. The van der Waals surface area contributed by atoms with Crippen LogP contribution in [0.3, 0.4) is 0 Å². The van der Waals surface area contributed by atoms with Gasteiger partial charge in [-0.25, -0.2) is 9.97 Å². The Morgan fingerprint density at radius 1 is 1.27 bits per heavy atom. The van der Waals surface area contributed by atoms with Crippen molar-refractivity contribution in [1.29, 1.82) is 0 Å². The summed E-state index contributed by atoms with van der Waals surface area (Å²) in [4.78, 5) is 14.3. The molecule has 2 aromatic heterocycles. The molecule has 0 bridgehead atoms. The molecule has 0 aliphatic carbocycles. The van der Waals surface area contributed by atoms with E-state index in [0.29, 0.717) is 12.3 Å². The number of benzene rings is 1. The summed E-state index contributed by atoms with van der Waals surface area (Å²) in [6, 6.07) is 5.10. The lowest BCUT2D eigenvalue weighted by molar-refractivity contribution is 0.0331. The number of phenolic OH excluding ortho intramolecular Hbond substituents is 1. The van der Waals surface area contributed by atoms with Gasteiger partial charge < -0.3 is 19.9 Å². The Labute approximate surface area is 180 Å². The standard InChI is InChI=1S/C22H28N4O3S/c1-13-15(3)30-22-20(13)21(24-19(25-22)12-26-7-9-29-10-8-26)23-14(2)17-11-16(28-4)5-6-18(17)27/h5-6,11,14,27H,7-10,12H2,1-4H3,(H,23,24,25). The fourth-order valence-corrected chi connectivity index (χ4v) is 4.77. The minimum atomic E-state index is -0.158. The zero-order valence-corrected chi connectivity index (χ0v) is 18.7. The van der Waals surface area contributed by atoms with Gasteiger partial charge in [0.15, 0.2) is 0 Å².